The van der Waals surface area contributed by atoms with Crippen molar-refractivity contribution in [1.82, 2.24) is 14.9 Å². The summed E-state index contributed by atoms with van der Waals surface area (Å²) in [5.74, 6) is 1.60. The summed E-state index contributed by atoms with van der Waals surface area (Å²) in [4.78, 5) is 11.2. The lowest BCUT2D eigenvalue weighted by atomic mass is 10.0. The summed E-state index contributed by atoms with van der Waals surface area (Å²) >= 11 is 0. The molecule has 0 spiro atoms. The van der Waals surface area contributed by atoms with Gasteiger partial charge in [0, 0.05) is 31.9 Å². The van der Waals surface area contributed by atoms with Gasteiger partial charge in [-0.25, -0.2) is 4.98 Å². The molecule has 2 heterocycles. The van der Waals surface area contributed by atoms with Crippen LogP contribution in [0.25, 0.3) is 0 Å². The van der Waals surface area contributed by atoms with E-state index in [1.54, 1.807) is 6.20 Å². The predicted molar refractivity (Wildman–Crippen MR) is 84.2 cm³/mol. The van der Waals surface area contributed by atoms with Crippen molar-refractivity contribution in [3.05, 3.63) is 12.3 Å². The van der Waals surface area contributed by atoms with E-state index in [1.165, 1.54) is 32.4 Å². The van der Waals surface area contributed by atoms with Gasteiger partial charge in [0.1, 0.15) is 5.82 Å². The van der Waals surface area contributed by atoms with E-state index in [-0.39, 0.29) is 0 Å². The number of nitrogens with one attached hydrogen (secondary N) is 2. The van der Waals surface area contributed by atoms with Gasteiger partial charge in [-0.3, -0.25) is 0 Å². The summed E-state index contributed by atoms with van der Waals surface area (Å²) in [6, 6.07) is 2.67. The molecule has 1 atom stereocenters. The largest absolute Gasteiger partial charge is 0.370 e. The lowest BCUT2D eigenvalue weighted by molar-refractivity contribution is 0.160. The van der Waals surface area contributed by atoms with Crippen molar-refractivity contribution in [3.63, 3.8) is 0 Å². The molecule has 1 aliphatic rings. The van der Waals surface area contributed by atoms with Crippen LogP contribution in [0, 0.1) is 0 Å². The molecule has 1 fully saturated rings. The van der Waals surface area contributed by atoms with Gasteiger partial charge in [0.15, 0.2) is 0 Å². The molecular weight excluding hydrogens is 250 g/mol. The van der Waals surface area contributed by atoms with Gasteiger partial charge in [0.25, 0.3) is 0 Å². The fourth-order valence-corrected chi connectivity index (χ4v) is 2.69. The molecule has 1 aromatic rings. The van der Waals surface area contributed by atoms with E-state index in [1.807, 2.05) is 13.0 Å². The van der Waals surface area contributed by atoms with Crippen molar-refractivity contribution < 1.29 is 0 Å². The number of hydrogen-bond donors (Lipinski definition) is 2. The fraction of sp³-hybridized carbons (Fsp3) is 0.733. The third kappa shape index (κ3) is 4.63. The van der Waals surface area contributed by atoms with Gasteiger partial charge in [-0.1, -0.05) is 6.42 Å². The molecule has 112 valence electrons. The molecule has 2 N–H and O–H groups in total. The van der Waals surface area contributed by atoms with Crippen LogP contribution in [0.2, 0.25) is 0 Å². The zero-order chi connectivity index (χ0) is 14.2. The summed E-state index contributed by atoms with van der Waals surface area (Å²) in [5.41, 5.74) is 0. The zero-order valence-electron chi connectivity index (χ0n) is 12.7. The van der Waals surface area contributed by atoms with E-state index in [9.17, 15) is 0 Å². The Labute approximate surface area is 122 Å². The van der Waals surface area contributed by atoms with Crippen LogP contribution in [0.3, 0.4) is 0 Å². The molecule has 0 aliphatic carbocycles. The van der Waals surface area contributed by atoms with E-state index in [2.05, 4.69) is 32.4 Å². The van der Waals surface area contributed by atoms with Crippen molar-refractivity contribution in [2.45, 2.75) is 45.6 Å². The van der Waals surface area contributed by atoms with E-state index in [0.29, 0.717) is 5.95 Å². The van der Waals surface area contributed by atoms with Gasteiger partial charge in [-0.05, 0) is 45.7 Å². The Bertz CT molecular complexity index is 396. The van der Waals surface area contributed by atoms with Crippen molar-refractivity contribution in [1.29, 1.82) is 0 Å². The molecule has 20 heavy (non-hydrogen) atoms. The van der Waals surface area contributed by atoms with Crippen molar-refractivity contribution >= 4 is 11.8 Å². The second-order valence-corrected chi connectivity index (χ2v) is 5.46. The quantitative estimate of drug-likeness (QED) is 0.750. The maximum absolute atomic E-state index is 4.41. The molecule has 0 amide bonds. The summed E-state index contributed by atoms with van der Waals surface area (Å²) in [5, 5.41) is 6.51. The Kier molecular flexibility index (Phi) is 6.05. The minimum Gasteiger partial charge on any atom is -0.370 e. The normalized spacial score (nSPS) is 19.8. The number of likely N-dealkylation sites (tertiary alicyclic amines) is 1. The number of nitrogens with zero attached hydrogens (tertiary/aromatic N) is 3. The molecule has 0 radical (unpaired) electrons. The maximum atomic E-state index is 4.41. The zero-order valence-corrected chi connectivity index (χ0v) is 12.7. The Balaban J connectivity index is 1.68. The molecule has 5 nitrogen and oxygen atoms in total. The van der Waals surface area contributed by atoms with Crippen LogP contribution < -0.4 is 10.6 Å². The highest BCUT2D eigenvalue weighted by molar-refractivity contribution is 5.39. The minimum atomic E-state index is 0.696. The maximum Gasteiger partial charge on any atom is 0.224 e. The topological polar surface area (TPSA) is 53.1 Å². The Hall–Kier alpha value is -1.36. The van der Waals surface area contributed by atoms with Gasteiger partial charge in [0.2, 0.25) is 5.95 Å². The summed E-state index contributed by atoms with van der Waals surface area (Å²) in [7, 11) is 0. The van der Waals surface area contributed by atoms with E-state index in [0.717, 1.165) is 31.4 Å². The third-order valence-corrected chi connectivity index (χ3v) is 3.86. The molecule has 2 rings (SSSR count). The number of aromatic nitrogens is 2. The summed E-state index contributed by atoms with van der Waals surface area (Å²) in [6.07, 6.45) is 7.05. The average molecular weight is 277 g/mol. The predicted octanol–water partition coefficient (Wildman–Crippen LogP) is 2.58. The molecule has 5 heteroatoms. The van der Waals surface area contributed by atoms with E-state index < -0.39 is 0 Å². The molecular formula is C15H27N5. The van der Waals surface area contributed by atoms with Crippen LogP contribution in [-0.2, 0) is 0 Å². The second kappa shape index (κ2) is 8.04. The van der Waals surface area contributed by atoms with Crippen LogP contribution in [0.15, 0.2) is 12.3 Å². The van der Waals surface area contributed by atoms with Crippen LogP contribution >= 0.6 is 0 Å². The Morgan fingerprint density at radius 3 is 3.05 bits per heavy atom. The van der Waals surface area contributed by atoms with E-state index in [4.69, 9.17) is 0 Å². The molecule has 0 saturated carbocycles. The van der Waals surface area contributed by atoms with Crippen LogP contribution in [0.4, 0.5) is 11.8 Å². The minimum absolute atomic E-state index is 0.696. The first kappa shape index (κ1) is 15.0. The Morgan fingerprint density at radius 2 is 2.25 bits per heavy atom. The first-order valence-corrected chi connectivity index (χ1v) is 7.84. The third-order valence-electron chi connectivity index (χ3n) is 3.86. The Morgan fingerprint density at radius 1 is 1.35 bits per heavy atom. The van der Waals surface area contributed by atoms with Gasteiger partial charge < -0.3 is 15.5 Å². The summed E-state index contributed by atoms with van der Waals surface area (Å²) in [6.45, 7) is 8.64. The lowest BCUT2D eigenvalue weighted by Gasteiger charge is -2.33. The molecule has 1 aromatic heterocycles. The van der Waals surface area contributed by atoms with Crippen molar-refractivity contribution in [3.8, 4) is 0 Å². The fourth-order valence-electron chi connectivity index (χ4n) is 2.69. The van der Waals surface area contributed by atoms with Crippen molar-refractivity contribution in [2.24, 2.45) is 0 Å². The van der Waals surface area contributed by atoms with Gasteiger partial charge >= 0.3 is 0 Å². The first-order chi connectivity index (χ1) is 9.79. The van der Waals surface area contributed by atoms with Gasteiger partial charge in [-0.15, -0.1) is 0 Å². The number of anilines is 2. The average Bonchev–Trinajstić information content (AvgIpc) is 2.46. The molecule has 0 aromatic carbocycles. The standard InChI is InChI=1S/C15H27N5/c1-3-16-15-18-10-8-14(19-15)17-9-6-12-20-11-5-4-7-13(20)2/h8,10,13H,3-7,9,11-12H2,1-2H3,(H2,16,17,18,19). The molecule has 0 bridgehead atoms. The summed E-state index contributed by atoms with van der Waals surface area (Å²) < 4.78 is 0. The number of hydrogen-bond acceptors (Lipinski definition) is 5. The second-order valence-electron chi connectivity index (χ2n) is 5.46. The smallest absolute Gasteiger partial charge is 0.224 e. The highest BCUT2D eigenvalue weighted by Gasteiger charge is 2.16. The lowest BCUT2D eigenvalue weighted by Crippen LogP contribution is -2.38. The highest BCUT2D eigenvalue weighted by atomic mass is 15.2. The van der Waals surface area contributed by atoms with Crippen molar-refractivity contribution in [2.75, 3.05) is 36.8 Å². The monoisotopic (exact) mass is 277 g/mol. The van der Waals surface area contributed by atoms with Gasteiger partial charge in [-0.2, -0.15) is 4.98 Å². The molecule has 1 unspecified atom stereocenters. The van der Waals surface area contributed by atoms with Crippen LogP contribution in [0.1, 0.15) is 39.5 Å². The van der Waals surface area contributed by atoms with Crippen LogP contribution in [-0.4, -0.2) is 47.1 Å². The SMILES string of the molecule is CCNc1nccc(NCCCN2CCCCC2C)n1. The van der Waals surface area contributed by atoms with E-state index >= 15 is 0 Å². The molecule has 1 aliphatic heterocycles. The number of rotatable bonds is 7. The van der Waals surface area contributed by atoms with Crippen LogP contribution in [0.5, 0.6) is 0 Å². The highest BCUT2D eigenvalue weighted by Crippen LogP contribution is 2.16. The number of piperidine rings is 1. The van der Waals surface area contributed by atoms with Gasteiger partial charge in [0.05, 0.1) is 0 Å². The first-order valence-electron chi connectivity index (χ1n) is 7.84. The molecule has 1 saturated heterocycles.